The predicted molar refractivity (Wildman–Crippen MR) is 124 cm³/mol. The first-order chi connectivity index (χ1) is 15.8. The molecular formula is C21H40N6O7. The molecule has 0 aliphatic carbocycles. The Hall–Kier alpha value is -2.77. The average molecular weight is 489 g/mol. The Morgan fingerprint density at radius 1 is 0.882 bits per heavy atom. The van der Waals surface area contributed by atoms with Crippen LogP contribution in [0, 0.1) is 5.92 Å². The van der Waals surface area contributed by atoms with E-state index in [4.69, 9.17) is 17.2 Å². The topological polar surface area (TPSA) is 240 Å². The Balaban J connectivity index is 5.53. The van der Waals surface area contributed by atoms with Gasteiger partial charge in [-0.1, -0.05) is 26.7 Å². The summed E-state index contributed by atoms with van der Waals surface area (Å²) in [5.74, 6) is -4.71. The van der Waals surface area contributed by atoms with Crippen molar-refractivity contribution < 1.29 is 34.2 Å². The third kappa shape index (κ3) is 11.4. The minimum absolute atomic E-state index is 0.122. The second-order valence-corrected chi connectivity index (χ2v) is 8.39. The van der Waals surface area contributed by atoms with Crippen LogP contribution >= 0.6 is 0 Å². The summed E-state index contributed by atoms with van der Waals surface area (Å²) < 4.78 is 0. The molecule has 0 heterocycles. The van der Waals surface area contributed by atoms with Crippen LogP contribution in [0.15, 0.2) is 0 Å². The predicted octanol–water partition coefficient (Wildman–Crippen LogP) is -2.33. The molecular weight excluding hydrogens is 448 g/mol. The lowest BCUT2D eigenvalue weighted by Gasteiger charge is -2.28. The van der Waals surface area contributed by atoms with Gasteiger partial charge in [-0.05, 0) is 38.6 Å². The fourth-order valence-electron chi connectivity index (χ4n) is 3.06. The number of carbonyl (C=O) groups is 5. The lowest BCUT2D eigenvalue weighted by molar-refractivity contribution is -0.145. The van der Waals surface area contributed by atoms with E-state index in [0.29, 0.717) is 32.2 Å². The van der Waals surface area contributed by atoms with E-state index in [9.17, 15) is 34.2 Å². The van der Waals surface area contributed by atoms with Crippen molar-refractivity contribution in [2.24, 2.45) is 23.1 Å². The second-order valence-electron chi connectivity index (χ2n) is 8.39. The van der Waals surface area contributed by atoms with E-state index in [0.717, 1.165) is 0 Å². The maximum Gasteiger partial charge on any atom is 0.328 e. The van der Waals surface area contributed by atoms with Gasteiger partial charge in [-0.25, -0.2) is 4.79 Å². The molecule has 0 fully saturated rings. The van der Waals surface area contributed by atoms with Crippen molar-refractivity contribution in [1.29, 1.82) is 0 Å². The van der Waals surface area contributed by atoms with Gasteiger partial charge in [0.2, 0.25) is 23.6 Å². The van der Waals surface area contributed by atoms with Gasteiger partial charge >= 0.3 is 5.97 Å². The standard InChI is InChI=1S/C21H40N6O7/c1-4-11(2)16(20(32)27-17(12(3)28)21(33)34)26-19(31)14(8-9-15(24)29)25-18(30)13(23)7-5-6-10-22/h11-14,16-17,28H,4-10,22-23H2,1-3H3,(H2,24,29)(H,25,30)(H,26,31)(H,27,32)(H,33,34). The summed E-state index contributed by atoms with van der Waals surface area (Å²) in [5.41, 5.74) is 16.5. The van der Waals surface area contributed by atoms with Crippen LogP contribution in [-0.2, 0) is 24.0 Å². The van der Waals surface area contributed by atoms with Gasteiger partial charge in [-0.3, -0.25) is 19.2 Å². The number of primary amides is 1. The fourth-order valence-corrected chi connectivity index (χ4v) is 3.06. The molecule has 0 aromatic carbocycles. The van der Waals surface area contributed by atoms with Crippen LogP contribution in [-0.4, -0.2) is 76.6 Å². The summed E-state index contributed by atoms with van der Waals surface area (Å²) >= 11 is 0. The van der Waals surface area contributed by atoms with Gasteiger partial charge in [0, 0.05) is 6.42 Å². The molecule has 0 rings (SSSR count). The van der Waals surface area contributed by atoms with Gasteiger partial charge in [0.1, 0.15) is 12.1 Å². The molecule has 0 aliphatic rings. The van der Waals surface area contributed by atoms with Crippen LogP contribution in [0.1, 0.15) is 59.3 Å². The van der Waals surface area contributed by atoms with E-state index in [1.807, 2.05) is 0 Å². The number of carboxylic acid groups (broad SMARTS) is 1. The summed E-state index contributed by atoms with van der Waals surface area (Å²) in [4.78, 5) is 60.8. The number of carbonyl (C=O) groups excluding carboxylic acids is 4. The van der Waals surface area contributed by atoms with Crippen LogP contribution < -0.4 is 33.2 Å². The highest BCUT2D eigenvalue weighted by Crippen LogP contribution is 2.11. The number of hydrogen-bond donors (Lipinski definition) is 8. The summed E-state index contributed by atoms with van der Waals surface area (Å²) in [6.07, 6.45) is 0.400. The normalized spacial score (nSPS) is 16.3. The van der Waals surface area contributed by atoms with Crippen LogP contribution in [0.4, 0.5) is 0 Å². The quantitative estimate of drug-likeness (QED) is 0.102. The number of aliphatic carboxylic acids is 1. The maximum atomic E-state index is 13.0. The van der Waals surface area contributed by atoms with E-state index in [1.54, 1.807) is 13.8 Å². The SMILES string of the molecule is CCC(C)C(NC(=O)C(CCC(N)=O)NC(=O)C(N)CCCCN)C(=O)NC(C(=O)O)C(C)O. The minimum Gasteiger partial charge on any atom is -0.480 e. The van der Waals surface area contributed by atoms with Gasteiger partial charge in [-0.2, -0.15) is 0 Å². The second kappa shape index (κ2) is 16.0. The van der Waals surface area contributed by atoms with Gasteiger partial charge < -0.3 is 43.4 Å². The smallest absolute Gasteiger partial charge is 0.328 e. The molecule has 0 spiro atoms. The van der Waals surface area contributed by atoms with E-state index < -0.39 is 65.8 Å². The monoisotopic (exact) mass is 488 g/mol. The Morgan fingerprint density at radius 2 is 1.47 bits per heavy atom. The van der Waals surface area contributed by atoms with Gasteiger partial charge in [-0.15, -0.1) is 0 Å². The maximum absolute atomic E-state index is 13.0. The largest absolute Gasteiger partial charge is 0.480 e. The number of unbranched alkanes of at least 4 members (excludes halogenated alkanes) is 1. The van der Waals surface area contributed by atoms with Crippen molar-refractivity contribution in [2.45, 2.75) is 89.6 Å². The molecule has 0 radical (unpaired) electrons. The van der Waals surface area contributed by atoms with Crippen molar-refractivity contribution >= 4 is 29.6 Å². The summed E-state index contributed by atoms with van der Waals surface area (Å²) in [5, 5.41) is 26.1. The summed E-state index contributed by atoms with van der Waals surface area (Å²) in [6, 6.07) is -4.84. The lowest BCUT2D eigenvalue weighted by Crippen LogP contribution is -2.59. The highest BCUT2D eigenvalue weighted by molar-refractivity contribution is 5.94. The molecule has 13 nitrogen and oxygen atoms in total. The Labute approximate surface area is 199 Å². The lowest BCUT2D eigenvalue weighted by atomic mass is 9.96. The molecule has 0 saturated heterocycles. The fraction of sp³-hybridized carbons (Fsp3) is 0.762. The molecule has 13 heteroatoms. The molecule has 0 aromatic heterocycles. The average Bonchev–Trinajstić information content (AvgIpc) is 2.76. The van der Waals surface area contributed by atoms with Crippen molar-refractivity contribution in [3.05, 3.63) is 0 Å². The number of hydrogen-bond acceptors (Lipinski definition) is 8. The number of nitrogens with one attached hydrogen (secondary N) is 3. The molecule has 4 amide bonds. The molecule has 0 bridgehead atoms. The number of aliphatic hydroxyl groups excluding tert-OH is 1. The van der Waals surface area contributed by atoms with Crippen molar-refractivity contribution in [1.82, 2.24) is 16.0 Å². The molecule has 6 atom stereocenters. The van der Waals surface area contributed by atoms with Gasteiger partial charge in [0.25, 0.3) is 0 Å². The molecule has 34 heavy (non-hydrogen) atoms. The van der Waals surface area contributed by atoms with Gasteiger partial charge in [0.05, 0.1) is 12.1 Å². The highest BCUT2D eigenvalue weighted by Gasteiger charge is 2.34. The molecule has 0 saturated carbocycles. The van der Waals surface area contributed by atoms with Gasteiger partial charge in [0.15, 0.2) is 6.04 Å². The van der Waals surface area contributed by atoms with Crippen molar-refractivity contribution in [2.75, 3.05) is 6.54 Å². The summed E-state index contributed by atoms with van der Waals surface area (Å²) in [7, 11) is 0. The third-order valence-electron chi connectivity index (χ3n) is 5.46. The van der Waals surface area contributed by atoms with E-state index >= 15 is 0 Å². The molecule has 0 aromatic rings. The first-order valence-electron chi connectivity index (χ1n) is 11.4. The molecule has 6 unspecified atom stereocenters. The summed E-state index contributed by atoms with van der Waals surface area (Å²) in [6.45, 7) is 5.11. The van der Waals surface area contributed by atoms with Crippen molar-refractivity contribution in [3.63, 3.8) is 0 Å². The number of aliphatic hydroxyl groups is 1. The Morgan fingerprint density at radius 3 is 1.94 bits per heavy atom. The highest BCUT2D eigenvalue weighted by atomic mass is 16.4. The zero-order valence-corrected chi connectivity index (χ0v) is 20.1. The number of nitrogens with two attached hydrogens (primary N) is 3. The van der Waals surface area contributed by atoms with Crippen LogP contribution in [0.5, 0.6) is 0 Å². The zero-order valence-electron chi connectivity index (χ0n) is 20.1. The molecule has 196 valence electrons. The number of carboxylic acids is 1. The first kappa shape index (κ1) is 31.2. The Bertz CT molecular complexity index is 703. The third-order valence-corrected chi connectivity index (χ3v) is 5.46. The van der Waals surface area contributed by atoms with E-state index in [1.165, 1.54) is 6.92 Å². The minimum atomic E-state index is -1.58. The Kier molecular flexibility index (Phi) is 14.7. The molecule has 0 aliphatic heterocycles. The number of amides is 4. The van der Waals surface area contributed by atoms with Crippen molar-refractivity contribution in [3.8, 4) is 0 Å². The van der Waals surface area contributed by atoms with Crippen LogP contribution in [0.25, 0.3) is 0 Å². The first-order valence-corrected chi connectivity index (χ1v) is 11.4. The van der Waals surface area contributed by atoms with E-state index in [2.05, 4.69) is 16.0 Å². The van der Waals surface area contributed by atoms with E-state index in [-0.39, 0.29) is 12.8 Å². The van der Waals surface area contributed by atoms with Crippen LogP contribution in [0.2, 0.25) is 0 Å². The zero-order chi connectivity index (χ0) is 26.4. The number of rotatable bonds is 17. The van der Waals surface area contributed by atoms with Crippen LogP contribution in [0.3, 0.4) is 0 Å². The molecule has 11 N–H and O–H groups in total.